The highest BCUT2D eigenvalue weighted by Gasteiger charge is 1.99. The van der Waals surface area contributed by atoms with Crippen molar-refractivity contribution in [1.82, 2.24) is 5.01 Å². The van der Waals surface area contributed by atoms with Crippen molar-refractivity contribution in [2.24, 2.45) is 5.84 Å². The Hall–Kier alpha value is -0.0800. The maximum absolute atomic E-state index is 6.11. The quantitative estimate of drug-likeness (QED) is 0.130. The molecule has 0 amide bonds. The molecule has 2 nitrogen and oxygen atoms in total. The lowest BCUT2D eigenvalue weighted by Crippen LogP contribution is -2.32. The Bertz CT molecular complexity index is 230. The summed E-state index contributed by atoms with van der Waals surface area (Å²) in [6, 6.07) is 0. The molecule has 0 aromatic rings. The summed E-state index contributed by atoms with van der Waals surface area (Å²) in [6.07, 6.45) is 26.6. The van der Waals surface area contributed by atoms with Gasteiger partial charge in [0.15, 0.2) is 0 Å². The van der Waals surface area contributed by atoms with Crippen LogP contribution in [0.5, 0.6) is 0 Å². The molecule has 0 aliphatic rings. The summed E-state index contributed by atoms with van der Waals surface area (Å²) < 4.78 is 0. The summed E-state index contributed by atoms with van der Waals surface area (Å²) in [6.45, 7) is 6.76. The monoisotopic (exact) mass is 354 g/mol. The van der Waals surface area contributed by atoms with E-state index in [4.69, 9.17) is 5.84 Å². The Labute approximate surface area is 160 Å². The minimum atomic E-state index is 1.09. The molecule has 0 fully saturated rings. The second-order valence-electron chi connectivity index (χ2n) is 8.05. The van der Waals surface area contributed by atoms with Crippen molar-refractivity contribution in [3.63, 3.8) is 0 Å². The van der Waals surface area contributed by atoms with Gasteiger partial charge in [0.2, 0.25) is 0 Å². The van der Waals surface area contributed by atoms with Crippen LogP contribution in [0.2, 0.25) is 0 Å². The molecule has 2 N–H and O–H groups in total. The van der Waals surface area contributed by atoms with Crippen LogP contribution < -0.4 is 5.84 Å². The molecule has 0 aliphatic carbocycles. The lowest BCUT2D eigenvalue weighted by Gasteiger charge is -2.15. The maximum atomic E-state index is 6.11. The Morgan fingerprint density at radius 2 is 0.640 bits per heavy atom. The van der Waals surface area contributed by atoms with Crippen LogP contribution in [0.15, 0.2) is 0 Å². The average Bonchev–Trinajstić information content (AvgIpc) is 2.62. The van der Waals surface area contributed by atoms with E-state index < -0.39 is 0 Å². The molecule has 0 radical (unpaired) electrons. The third kappa shape index (κ3) is 21.9. The second-order valence-corrected chi connectivity index (χ2v) is 8.05. The van der Waals surface area contributed by atoms with Gasteiger partial charge >= 0.3 is 0 Å². The van der Waals surface area contributed by atoms with Crippen LogP contribution in [-0.4, -0.2) is 18.1 Å². The van der Waals surface area contributed by atoms with E-state index in [1.54, 1.807) is 0 Å². The van der Waals surface area contributed by atoms with Crippen LogP contribution in [0, 0.1) is 0 Å². The molecule has 0 heterocycles. The molecule has 152 valence electrons. The summed E-state index contributed by atoms with van der Waals surface area (Å²) >= 11 is 0. The molecular formula is C23H50N2. The lowest BCUT2D eigenvalue weighted by atomic mass is 10.1. The van der Waals surface area contributed by atoms with Crippen molar-refractivity contribution in [2.45, 2.75) is 136 Å². The van der Waals surface area contributed by atoms with Crippen LogP contribution in [0.1, 0.15) is 136 Å². The van der Waals surface area contributed by atoms with Crippen LogP contribution in [0.4, 0.5) is 0 Å². The first-order valence-electron chi connectivity index (χ1n) is 11.8. The molecule has 2 heteroatoms. The van der Waals surface area contributed by atoms with Crippen molar-refractivity contribution in [1.29, 1.82) is 0 Å². The first kappa shape index (κ1) is 24.9. The van der Waals surface area contributed by atoms with E-state index in [-0.39, 0.29) is 0 Å². The fourth-order valence-electron chi connectivity index (χ4n) is 3.54. The Balaban J connectivity index is 3.12. The third-order valence-electron chi connectivity index (χ3n) is 5.35. The number of hydrogen-bond donors (Lipinski definition) is 1. The van der Waals surface area contributed by atoms with E-state index in [2.05, 4.69) is 18.9 Å². The standard InChI is InChI=1S/C23H50N2/c1-3-5-7-9-11-13-15-17-19-21-23-25(24)22-20-18-16-14-12-10-8-6-4-2/h3-24H2,1-2H3. The molecule has 0 rings (SSSR count). The average molecular weight is 355 g/mol. The normalized spacial score (nSPS) is 11.5. The molecule has 0 aromatic carbocycles. The fraction of sp³-hybridized carbons (Fsp3) is 1.00. The molecular weight excluding hydrogens is 304 g/mol. The second kappa shape index (κ2) is 22.0. The third-order valence-corrected chi connectivity index (χ3v) is 5.35. The van der Waals surface area contributed by atoms with E-state index in [9.17, 15) is 0 Å². The predicted octanol–water partition coefficient (Wildman–Crippen LogP) is 7.61. The van der Waals surface area contributed by atoms with Crippen LogP contribution in [0.3, 0.4) is 0 Å². The van der Waals surface area contributed by atoms with Crippen LogP contribution in [-0.2, 0) is 0 Å². The zero-order chi connectivity index (χ0) is 18.4. The number of unbranched alkanes of at least 4 members (excludes halogenated alkanes) is 17. The van der Waals surface area contributed by atoms with Gasteiger partial charge < -0.3 is 0 Å². The molecule has 0 bridgehead atoms. The van der Waals surface area contributed by atoms with Crippen LogP contribution in [0.25, 0.3) is 0 Å². The molecule has 0 atom stereocenters. The van der Waals surface area contributed by atoms with Gasteiger partial charge in [-0.15, -0.1) is 0 Å². The number of rotatable bonds is 21. The highest BCUT2D eigenvalue weighted by atomic mass is 15.4. The lowest BCUT2D eigenvalue weighted by molar-refractivity contribution is 0.268. The van der Waals surface area contributed by atoms with Gasteiger partial charge in [0, 0.05) is 13.1 Å². The summed E-state index contributed by atoms with van der Waals surface area (Å²) in [5, 5.41) is 2.06. The highest BCUT2D eigenvalue weighted by Crippen LogP contribution is 2.11. The summed E-state index contributed by atoms with van der Waals surface area (Å²) in [4.78, 5) is 0. The van der Waals surface area contributed by atoms with Gasteiger partial charge in [-0.25, -0.2) is 5.01 Å². The molecule has 0 saturated carbocycles. The van der Waals surface area contributed by atoms with E-state index in [1.807, 2.05) is 0 Å². The minimum Gasteiger partial charge on any atom is -0.269 e. The van der Waals surface area contributed by atoms with Crippen LogP contribution >= 0.6 is 0 Å². The summed E-state index contributed by atoms with van der Waals surface area (Å²) in [5.41, 5.74) is 0. The van der Waals surface area contributed by atoms with Gasteiger partial charge in [0.05, 0.1) is 0 Å². The molecule has 0 spiro atoms. The highest BCUT2D eigenvalue weighted by molar-refractivity contribution is 4.53. The zero-order valence-corrected chi connectivity index (χ0v) is 17.9. The van der Waals surface area contributed by atoms with E-state index >= 15 is 0 Å². The molecule has 0 aliphatic heterocycles. The van der Waals surface area contributed by atoms with Crippen molar-refractivity contribution in [3.05, 3.63) is 0 Å². The Morgan fingerprint density at radius 3 is 0.920 bits per heavy atom. The smallest absolute Gasteiger partial charge is 0.0128 e. The van der Waals surface area contributed by atoms with Gasteiger partial charge in [0.25, 0.3) is 0 Å². The fourth-order valence-corrected chi connectivity index (χ4v) is 3.54. The number of hydrazine groups is 1. The van der Waals surface area contributed by atoms with Gasteiger partial charge in [-0.1, -0.05) is 123 Å². The maximum Gasteiger partial charge on any atom is 0.0128 e. The number of nitrogens with two attached hydrogens (primary N) is 1. The predicted molar refractivity (Wildman–Crippen MR) is 115 cm³/mol. The topological polar surface area (TPSA) is 29.3 Å². The van der Waals surface area contributed by atoms with Crippen molar-refractivity contribution >= 4 is 0 Å². The molecule has 25 heavy (non-hydrogen) atoms. The van der Waals surface area contributed by atoms with Crippen molar-refractivity contribution in [2.75, 3.05) is 13.1 Å². The van der Waals surface area contributed by atoms with E-state index in [0.29, 0.717) is 0 Å². The molecule has 0 saturated heterocycles. The SMILES string of the molecule is CCCCCCCCCCCCN(N)CCCCCCCCCCC. The van der Waals surface area contributed by atoms with Gasteiger partial charge in [-0.2, -0.15) is 0 Å². The first-order valence-corrected chi connectivity index (χ1v) is 11.8. The molecule has 0 unspecified atom stereocenters. The summed E-state index contributed by atoms with van der Waals surface area (Å²) in [5.74, 6) is 6.11. The van der Waals surface area contributed by atoms with Crippen molar-refractivity contribution in [3.8, 4) is 0 Å². The number of nitrogens with zero attached hydrogens (tertiary/aromatic N) is 1. The van der Waals surface area contributed by atoms with Gasteiger partial charge in [0.1, 0.15) is 0 Å². The Kier molecular flexibility index (Phi) is 21.9. The number of hydrogen-bond acceptors (Lipinski definition) is 2. The van der Waals surface area contributed by atoms with E-state index in [0.717, 1.165) is 13.1 Å². The largest absolute Gasteiger partial charge is 0.269 e. The molecule has 0 aromatic heterocycles. The minimum absolute atomic E-state index is 1.09. The van der Waals surface area contributed by atoms with Gasteiger partial charge in [-0.05, 0) is 12.8 Å². The van der Waals surface area contributed by atoms with Crippen molar-refractivity contribution < 1.29 is 0 Å². The van der Waals surface area contributed by atoms with E-state index in [1.165, 1.54) is 122 Å². The first-order chi connectivity index (χ1) is 12.3. The summed E-state index contributed by atoms with van der Waals surface area (Å²) in [7, 11) is 0. The van der Waals surface area contributed by atoms with Gasteiger partial charge in [-0.3, -0.25) is 5.84 Å². The zero-order valence-electron chi connectivity index (χ0n) is 17.9. The Morgan fingerprint density at radius 1 is 0.400 bits per heavy atom.